The Hall–Kier alpha value is -1.31. The van der Waals surface area contributed by atoms with Crippen molar-refractivity contribution in [2.75, 3.05) is 14.1 Å². The maximum atomic E-state index is 4.16. The molecule has 0 amide bonds. The van der Waals surface area contributed by atoms with E-state index in [1.165, 1.54) is 5.56 Å². The van der Waals surface area contributed by atoms with Gasteiger partial charge in [0.25, 0.3) is 0 Å². The molecule has 0 heterocycles. The zero-order chi connectivity index (χ0) is 12.6. The van der Waals surface area contributed by atoms with Crippen molar-refractivity contribution in [3.63, 3.8) is 0 Å². The predicted octanol–water partition coefficient (Wildman–Crippen LogP) is 3.43. The van der Waals surface area contributed by atoms with E-state index in [4.69, 9.17) is 0 Å². The van der Waals surface area contributed by atoms with E-state index in [-0.39, 0.29) is 0 Å². The smallest absolute Gasteiger partial charge is 0.127 e. The number of rotatable bonds is 2. The lowest BCUT2D eigenvalue weighted by atomic mass is 10.0. The third kappa shape index (κ3) is 4.05. The van der Waals surface area contributed by atoms with Gasteiger partial charge in [0.1, 0.15) is 5.84 Å². The van der Waals surface area contributed by atoms with Crippen LogP contribution in [0, 0.1) is 0 Å². The van der Waals surface area contributed by atoms with Crippen molar-refractivity contribution >= 4 is 5.84 Å². The summed E-state index contributed by atoms with van der Waals surface area (Å²) in [6, 6.07) is 8.52. The van der Waals surface area contributed by atoms with E-state index in [1.807, 2.05) is 20.9 Å². The molecule has 1 aromatic carbocycles. The summed E-state index contributed by atoms with van der Waals surface area (Å²) in [4.78, 5) is 4.16. The van der Waals surface area contributed by atoms with Gasteiger partial charge >= 0.3 is 0 Å². The number of nitrogens with zero attached hydrogens (tertiary/aromatic N) is 1. The topological polar surface area (TPSA) is 24.4 Å². The number of aliphatic imine (C=N–C) groups is 1. The highest BCUT2D eigenvalue weighted by Crippen LogP contribution is 2.14. The molecular formula is C14H24N2. The van der Waals surface area contributed by atoms with Gasteiger partial charge in [0.2, 0.25) is 0 Å². The van der Waals surface area contributed by atoms with E-state index < -0.39 is 0 Å². The number of hydrogen-bond acceptors (Lipinski definition) is 1. The van der Waals surface area contributed by atoms with E-state index >= 15 is 0 Å². The van der Waals surface area contributed by atoms with Crippen molar-refractivity contribution in [2.24, 2.45) is 4.99 Å². The highest BCUT2D eigenvalue weighted by molar-refractivity contribution is 5.98. The molecule has 0 saturated carbocycles. The van der Waals surface area contributed by atoms with Crippen LogP contribution in [0.5, 0.6) is 0 Å². The van der Waals surface area contributed by atoms with Gasteiger partial charge in [-0.05, 0) is 11.5 Å². The van der Waals surface area contributed by atoms with Gasteiger partial charge in [-0.2, -0.15) is 0 Å². The molecule has 90 valence electrons. The molecule has 0 fully saturated rings. The molecule has 0 bridgehead atoms. The quantitative estimate of drug-likeness (QED) is 0.599. The average Bonchev–Trinajstić information content (AvgIpc) is 2.34. The van der Waals surface area contributed by atoms with Crippen LogP contribution in [0.15, 0.2) is 29.3 Å². The van der Waals surface area contributed by atoms with Crippen LogP contribution in [0.2, 0.25) is 0 Å². The molecule has 0 aliphatic rings. The fourth-order valence-corrected chi connectivity index (χ4v) is 1.41. The Morgan fingerprint density at radius 3 is 1.94 bits per heavy atom. The highest BCUT2D eigenvalue weighted by Gasteiger charge is 2.01. The molecule has 1 rings (SSSR count). The Balaban J connectivity index is 0.00000106. The Morgan fingerprint density at radius 1 is 1.12 bits per heavy atom. The summed E-state index contributed by atoms with van der Waals surface area (Å²) in [5.41, 5.74) is 2.50. The molecule has 16 heavy (non-hydrogen) atoms. The molecule has 1 aromatic rings. The summed E-state index contributed by atoms with van der Waals surface area (Å²) in [6.45, 7) is 8.39. The van der Waals surface area contributed by atoms with Crippen molar-refractivity contribution in [1.82, 2.24) is 5.32 Å². The second kappa shape index (κ2) is 7.91. The van der Waals surface area contributed by atoms with Gasteiger partial charge in [0, 0.05) is 19.7 Å². The van der Waals surface area contributed by atoms with Crippen LogP contribution in [-0.4, -0.2) is 19.9 Å². The van der Waals surface area contributed by atoms with Crippen molar-refractivity contribution in [3.05, 3.63) is 35.4 Å². The Kier molecular flexibility index (Phi) is 7.27. The molecule has 0 aliphatic carbocycles. The van der Waals surface area contributed by atoms with E-state index in [9.17, 15) is 0 Å². The largest absolute Gasteiger partial charge is 0.373 e. The van der Waals surface area contributed by atoms with E-state index in [0.717, 1.165) is 11.4 Å². The molecule has 0 aromatic heterocycles. The first-order valence-corrected chi connectivity index (χ1v) is 5.94. The second-order valence-electron chi connectivity index (χ2n) is 3.60. The Bertz CT molecular complexity index is 310. The van der Waals surface area contributed by atoms with Gasteiger partial charge < -0.3 is 5.32 Å². The van der Waals surface area contributed by atoms with Gasteiger partial charge in [0.05, 0.1) is 0 Å². The third-order valence-electron chi connectivity index (χ3n) is 2.31. The van der Waals surface area contributed by atoms with Crippen molar-refractivity contribution in [1.29, 1.82) is 0 Å². The van der Waals surface area contributed by atoms with Crippen LogP contribution >= 0.6 is 0 Å². The monoisotopic (exact) mass is 220 g/mol. The summed E-state index contributed by atoms with van der Waals surface area (Å²) >= 11 is 0. The first-order valence-electron chi connectivity index (χ1n) is 5.94. The summed E-state index contributed by atoms with van der Waals surface area (Å²) in [5, 5.41) is 3.07. The molecule has 0 unspecified atom stereocenters. The molecular weight excluding hydrogens is 196 g/mol. The highest BCUT2D eigenvalue weighted by atomic mass is 14.9. The third-order valence-corrected chi connectivity index (χ3v) is 2.31. The van der Waals surface area contributed by atoms with Crippen LogP contribution in [0.1, 0.15) is 44.7 Å². The first-order chi connectivity index (χ1) is 7.69. The number of benzene rings is 1. The average molecular weight is 220 g/mol. The molecule has 0 aliphatic heterocycles. The zero-order valence-corrected chi connectivity index (χ0v) is 11.3. The summed E-state index contributed by atoms with van der Waals surface area (Å²) in [7, 11) is 3.68. The molecule has 0 spiro atoms. The van der Waals surface area contributed by atoms with Crippen LogP contribution in [0.4, 0.5) is 0 Å². The zero-order valence-electron chi connectivity index (χ0n) is 11.3. The molecule has 1 N–H and O–H groups in total. The lowest BCUT2D eigenvalue weighted by Crippen LogP contribution is -2.19. The molecule has 0 saturated heterocycles. The lowest BCUT2D eigenvalue weighted by Gasteiger charge is -2.08. The number of hydrogen-bond donors (Lipinski definition) is 1. The van der Waals surface area contributed by atoms with E-state index in [1.54, 1.807) is 7.05 Å². The second-order valence-corrected chi connectivity index (χ2v) is 3.60. The van der Waals surface area contributed by atoms with Gasteiger partial charge in [-0.1, -0.05) is 52.0 Å². The summed E-state index contributed by atoms with van der Waals surface area (Å²) < 4.78 is 0. The molecule has 2 heteroatoms. The van der Waals surface area contributed by atoms with Crippen LogP contribution in [0.25, 0.3) is 0 Å². The summed E-state index contributed by atoms with van der Waals surface area (Å²) in [5.74, 6) is 1.51. The van der Waals surface area contributed by atoms with E-state index in [2.05, 4.69) is 48.4 Å². The molecule has 0 radical (unpaired) electrons. The van der Waals surface area contributed by atoms with Gasteiger partial charge in [-0.15, -0.1) is 0 Å². The van der Waals surface area contributed by atoms with Gasteiger partial charge in [-0.3, -0.25) is 4.99 Å². The molecule has 0 atom stereocenters. The standard InChI is InChI=1S/C12H18N2.C2H6/c1-9(2)10-5-7-11(8-6-10)12(13-3)14-4;1-2/h5-9H,1-4H3,(H,13,14);1-2H3. The molecule has 2 nitrogen and oxygen atoms in total. The SMILES string of the molecule is CC.CN=C(NC)c1ccc(C(C)C)cc1. The van der Waals surface area contributed by atoms with Crippen LogP contribution in [-0.2, 0) is 0 Å². The minimum Gasteiger partial charge on any atom is -0.373 e. The Morgan fingerprint density at radius 2 is 1.62 bits per heavy atom. The maximum Gasteiger partial charge on any atom is 0.127 e. The maximum absolute atomic E-state index is 4.16. The van der Waals surface area contributed by atoms with Crippen LogP contribution < -0.4 is 5.32 Å². The fourth-order valence-electron chi connectivity index (χ4n) is 1.41. The fraction of sp³-hybridized carbons (Fsp3) is 0.500. The summed E-state index contributed by atoms with van der Waals surface area (Å²) in [6.07, 6.45) is 0. The van der Waals surface area contributed by atoms with Crippen molar-refractivity contribution in [3.8, 4) is 0 Å². The minimum absolute atomic E-state index is 0.584. The lowest BCUT2D eigenvalue weighted by molar-refractivity contribution is 0.866. The Labute approximate surface area is 99.8 Å². The van der Waals surface area contributed by atoms with Gasteiger partial charge in [0.15, 0.2) is 0 Å². The van der Waals surface area contributed by atoms with Crippen LogP contribution in [0.3, 0.4) is 0 Å². The normalized spacial score (nSPS) is 10.8. The number of nitrogens with one attached hydrogen (secondary N) is 1. The van der Waals surface area contributed by atoms with Crippen molar-refractivity contribution in [2.45, 2.75) is 33.6 Å². The van der Waals surface area contributed by atoms with Gasteiger partial charge in [-0.25, -0.2) is 0 Å². The number of amidine groups is 1. The minimum atomic E-state index is 0.584. The van der Waals surface area contributed by atoms with E-state index in [0.29, 0.717) is 5.92 Å². The predicted molar refractivity (Wildman–Crippen MR) is 73.4 cm³/mol. The first kappa shape index (κ1) is 14.7. The van der Waals surface area contributed by atoms with Crippen molar-refractivity contribution < 1.29 is 0 Å².